The van der Waals surface area contributed by atoms with Crippen molar-refractivity contribution in [2.75, 3.05) is 38.2 Å². The monoisotopic (exact) mass is 276 g/mol. The third-order valence-corrected chi connectivity index (χ3v) is 4.21. The molecule has 0 bridgehead atoms. The van der Waals surface area contributed by atoms with Gasteiger partial charge in [0.15, 0.2) is 0 Å². The molecule has 0 amide bonds. The molecule has 1 aromatic rings. The number of ether oxygens (including phenoxy) is 1. The van der Waals surface area contributed by atoms with E-state index in [0.717, 1.165) is 45.3 Å². The normalized spacial score (nSPS) is 16.6. The van der Waals surface area contributed by atoms with Gasteiger partial charge < -0.3 is 10.1 Å². The van der Waals surface area contributed by atoms with Gasteiger partial charge in [0.25, 0.3) is 0 Å². The Balaban J connectivity index is 1.79. The molecule has 3 heteroatoms. The smallest absolute Gasteiger partial charge is 0.0594 e. The molecular formula is C17H28N2O. The average Bonchev–Trinajstić information content (AvgIpc) is 2.51. The van der Waals surface area contributed by atoms with E-state index in [1.165, 1.54) is 24.1 Å². The Bertz CT molecular complexity index is 367. The summed E-state index contributed by atoms with van der Waals surface area (Å²) < 4.78 is 5.38. The van der Waals surface area contributed by atoms with Crippen molar-refractivity contribution in [2.45, 2.75) is 33.2 Å². The number of hydrogen-bond donors (Lipinski definition) is 1. The molecule has 0 radical (unpaired) electrons. The third kappa shape index (κ3) is 4.80. The highest BCUT2D eigenvalue weighted by Gasteiger charge is 2.10. The van der Waals surface area contributed by atoms with Crippen LogP contribution in [0.2, 0.25) is 0 Å². The zero-order chi connectivity index (χ0) is 14.2. The number of nitrogens with one attached hydrogen (secondary N) is 1. The fourth-order valence-electron chi connectivity index (χ4n) is 2.59. The largest absolute Gasteiger partial charge is 0.385 e. The lowest BCUT2D eigenvalue weighted by Gasteiger charge is -2.26. The zero-order valence-electron chi connectivity index (χ0n) is 12.9. The third-order valence-electron chi connectivity index (χ3n) is 4.21. The molecule has 112 valence electrons. The van der Waals surface area contributed by atoms with Crippen LogP contribution in [0.15, 0.2) is 24.3 Å². The van der Waals surface area contributed by atoms with E-state index >= 15 is 0 Å². The van der Waals surface area contributed by atoms with E-state index in [-0.39, 0.29) is 0 Å². The summed E-state index contributed by atoms with van der Waals surface area (Å²) >= 11 is 0. The van der Waals surface area contributed by atoms with Crippen molar-refractivity contribution in [1.82, 2.24) is 4.90 Å². The lowest BCUT2D eigenvalue weighted by molar-refractivity contribution is 0.0342. The summed E-state index contributed by atoms with van der Waals surface area (Å²) in [5.74, 6) is 0.781. The van der Waals surface area contributed by atoms with Crippen LogP contribution in [0.1, 0.15) is 32.3 Å². The highest BCUT2D eigenvalue weighted by Crippen LogP contribution is 2.14. The number of anilines is 1. The Kier molecular flexibility index (Phi) is 6.34. The first-order valence-electron chi connectivity index (χ1n) is 7.94. The van der Waals surface area contributed by atoms with Crippen molar-refractivity contribution in [3.63, 3.8) is 0 Å². The molecular weight excluding hydrogens is 248 g/mol. The lowest BCUT2D eigenvalue weighted by atomic mass is 10.0. The van der Waals surface area contributed by atoms with Crippen LogP contribution in [-0.4, -0.2) is 37.7 Å². The van der Waals surface area contributed by atoms with Gasteiger partial charge in [-0.05, 0) is 23.6 Å². The van der Waals surface area contributed by atoms with E-state index in [2.05, 4.69) is 48.3 Å². The summed E-state index contributed by atoms with van der Waals surface area (Å²) in [6, 6.07) is 8.89. The summed E-state index contributed by atoms with van der Waals surface area (Å²) in [5, 5.41) is 3.54. The van der Waals surface area contributed by atoms with Crippen LogP contribution < -0.4 is 5.32 Å². The molecule has 1 N–H and O–H groups in total. The maximum Gasteiger partial charge on any atom is 0.0594 e. The van der Waals surface area contributed by atoms with Gasteiger partial charge in [-0.15, -0.1) is 0 Å². The first-order valence-corrected chi connectivity index (χ1v) is 7.94. The lowest BCUT2D eigenvalue weighted by Crippen LogP contribution is -2.35. The molecule has 0 unspecified atom stereocenters. The van der Waals surface area contributed by atoms with E-state index in [1.54, 1.807) is 0 Å². The van der Waals surface area contributed by atoms with Gasteiger partial charge in [0, 0.05) is 31.9 Å². The van der Waals surface area contributed by atoms with Crippen LogP contribution >= 0.6 is 0 Å². The maximum absolute atomic E-state index is 5.38. The van der Waals surface area contributed by atoms with Crippen molar-refractivity contribution in [1.29, 1.82) is 0 Å². The Hall–Kier alpha value is -1.06. The van der Waals surface area contributed by atoms with E-state index in [4.69, 9.17) is 4.74 Å². The van der Waals surface area contributed by atoms with E-state index in [9.17, 15) is 0 Å². The number of morpholine rings is 1. The van der Waals surface area contributed by atoms with Crippen molar-refractivity contribution < 1.29 is 4.74 Å². The molecule has 1 saturated heterocycles. The summed E-state index contributed by atoms with van der Waals surface area (Å²) in [5.41, 5.74) is 2.63. The van der Waals surface area contributed by atoms with Gasteiger partial charge in [-0.3, -0.25) is 4.90 Å². The highest BCUT2D eigenvalue weighted by atomic mass is 16.5. The Morgan fingerprint density at radius 1 is 1.10 bits per heavy atom. The minimum atomic E-state index is 0.781. The average molecular weight is 276 g/mol. The summed E-state index contributed by atoms with van der Waals surface area (Å²) in [7, 11) is 0. The molecule has 1 fully saturated rings. The van der Waals surface area contributed by atoms with Gasteiger partial charge in [-0.1, -0.05) is 38.8 Å². The Labute approximate surface area is 123 Å². The van der Waals surface area contributed by atoms with Gasteiger partial charge in [0.2, 0.25) is 0 Å². The molecule has 1 heterocycles. The van der Waals surface area contributed by atoms with E-state index < -0.39 is 0 Å². The number of hydrogen-bond acceptors (Lipinski definition) is 3. The van der Waals surface area contributed by atoms with E-state index in [1.807, 2.05) is 0 Å². The fraction of sp³-hybridized carbons (Fsp3) is 0.647. The molecule has 1 aliphatic heterocycles. The first-order chi connectivity index (χ1) is 9.81. The maximum atomic E-state index is 5.38. The molecule has 0 saturated carbocycles. The van der Waals surface area contributed by atoms with Crippen LogP contribution in [0.3, 0.4) is 0 Å². The highest BCUT2D eigenvalue weighted by molar-refractivity contribution is 5.44. The first kappa shape index (κ1) is 15.3. The standard InChI is InChI=1S/C17H28N2O/c1-3-15(4-2)13-18-17-7-5-16(6-8-17)14-19-9-11-20-12-10-19/h5-8,15,18H,3-4,9-14H2,1-2H3. The van der Waals surface area contributed by atoms with Crippen molar-refractivity contribution >= 4 is 5.69 Å². The SMILES string of the molecule is CCC(CC)CNc1ccc(CN2CCOCC2)cc1. The van der Waals surface area contributed by atoms with Crippen LogP contribution in [-0.2, 0) is 11.3 Å². The summed E-state index contributed by atoms with van der Waals surface area (Å²) in [6.07, 6.45) is 2.50. The number of nitrogens with zero attached hydrogens (tertiary/aromatic N) is 1. The molecule has 3 nitrogen and oxygen atoms in total. The molecule has 0 aliphatic carbocycles. The molecule has 2 rings (SSSR count). The van der Waals surface area contributed by atoms with Crippen LogP contribution in [0.25, 0.3) is 0 Å². The van der Waals surface area contributed by atoms with Crippen LogP contribution in [0.4, 0.5) is 5.69 Å². The predicted molar refractivity (Wildman–Crippen MR) is 85.1 cm³/mol. The second kappa shape index (κ2) is 8.28. The minimum absolute atomic E-state index is 0.781. The molecule has 20 heavy (non-hydrogen) atoms. The van der Waals surface area contributed by atoms with E-state index in [0.29, 0.717) is 0 Å². The molecule has 0 atom stereocenters. The van der Waals surface area contributed by atoms with Crippen molar-refractivity contribution in [3.05, 3.63) is 29.8 Å². The Morgan fingerprint density at radius 3 is 2.35 bits per heavy atom. The molecule has 1 aromatic carbocycles. The zero-order valence-corrected chi connectivity index (χ0v) is 12.9. The minimum Gasteiger partial charge on any atom is -0.385 e. The molecule has 0 aromatic heterocycles. The Morgan fingerprint density at radius 2 is 1.75 bits per heavy atom. The number of rotatable bonds is 7. The van der Waals surface area contributed by atoms with Gasteiger partial charge in [-0.2, -0.15) is 0 Å². The topological polar surface area (TPSA) is 24.5 Å². The van der Waals surface area contributed by atoms with Crippen molar-refractivity contribution in [2.24, 2.45) is 5.92 Å². The quantitative estimate of drug-likeness (QED) is 0.826. The van der Waals surface area contributed by atoms with Crippen LogP contribution in [0.5, 0.6) is 0 Å². The van der Waals surface area contributed by atoms with Gasteiger partial charge in [0.05, 0.1) is 13.2 Å². The fourth-order valence-corrected chi connectivity index (χ4v) is 2.59. The van der Waals surface area contributed by atoms with Crippen molar-refractivity contribution in [3.8, 4) is 0 Å². The number of benzene rings is 1. The summed E-state index contributed by atoms with van der Waals surface area (Å²) in [4.78, 5) is 2.45. The summed E-state index contributed by atoms with van der Waals surface area (Å²) in [6.45, 7) is 10.5. The molecule has 0 spiro atoms. The van der Waals surface area contributed by atoms with Gasteiger partial charge in [0.1, 0.15) is 0 Å². The predicted octanol–water partition coefficient (Wildman–Crippen LogP) is 3.37. The second-order valence-corrected chi connectivity index (χ2v) is 5.65. The van der Waals surface area contributed by atoms with Gasteiger partial charge in [-0.25, -0.2) is 0 Å². The molecule has 1 aliphatic rings. The van der Waals surface area contributed by atoms with Gasteiger partial charge >= 0.3 is 0 Å². The van der Waals surface area contributed by atoms with Crippen LogP contribution in [0, 0.1) is 5.92 Å². The second-order valence-electron chi connectivity index (χ2n) is 5.65.